The quantitative estimate of drug-likeness (QED) is 0.854. The molecule has 0 aliphatic carbocycles. The highest BCUT2D eigenvalue weighted by atomic mass is 79.9. The van der Waals surface area contributed by atoms with Gasteiger partial charge in [-0.3, -0.25) is 4.79 Å². The number of piperidine rings is 1. The maximum atomic E-state index is 12.0. The predicted molar refractivity (Wildman–Crippen MR) is 89.6 cm³/mol. The second-order valence-electron chi connectivity index (χ2n) is 5.19. The Morgan fingerprint density at radius 3 is 2.80 bits per heavy atom. The highest BCUT2D eigenvalue weighted by molar-refractivity contribution is 9.10. The molecule has 112 valence electrons. The van der Waals surface area contributed by atoms with Crippen LogP contribution in [0.2, 0.25) is 0 Å². The summed E-state index contributed by atoms with van der Waals surface area (Å²) in [5.74, 6) is 0.829. The maximum absolute atomic E-state index is 12.0. The minimum atomic E-state index is 0. The molecule has 1 aromatic rings. The summed E-state index contributed by atoms with van der Waals surface area (Å²) in [5.41, 5.74) is 1.99. The molecule has 0 radical (unpaired) electrons. The van der Waals surface area contributed by atoms with Crippen LogP contribution in [0.1, 0.15) is 31.2 Å². The smallest absolute Gasteiger partial charge is 0.224 e. The Balaban J connectivity index is 0.00000200. The topological polar surface area (TPSA) is 41.1 Å². The Bertz CT molecular complexity index is 447. The second kappa shape index (κ2) is 8.65. The summed E-state index contributed by atoms with van der Waals surface area (Å²) in [5, 5.41) is 6.36. The van der Waals surface area contributed by atoms with Gasteiger partial charge in [-0.05, 0) is 62.9 Å². The summed E-state index contributed by atoms with van der Waals surface area (Å²) in [6.45, 7) is 4.19. The normalized spacial score (nSPS) is 15.5. The van der Waals surface area contributed by atoms with Crippen molar-refractivity contribution in [1.29, 1.82) is 0 Å². The number of benzene rings is 1. The van der Waals surface area contributed by atoms with E-state index >= 15 is 0 Å². The Morgan fingerprint density at radius 2 is 2.10 bits per heavy atom. The van der Waals surface area contributed by atoms with E-state index in [0.29, 0.717) is 12.3 Å². The molecule has 0 aromatic heterocycles. The minimum Gasteiger partial charge on any atom is -0.326 e. The van der Waals surface area contributed by atoms with E-state index in [2.05, 4.69) is 26.6 Å². The Hall–Kier alpha value is -0.580. The summed E-state index contributed by atoms with van der Waals surface area (Å²) in [7, 11) is 0. The van der Waals surface area contributed by atoms with Gasteiger partial charge in [0.2, 0.25) is 5.91 Å². The lowest BCUT2D eigenvalue weighted by Gasteiger charge is -2.22. The zero-order valence-corrected chi connectivity index (χ0v) is 14.1. The van der Waals surface area contributed by atoms with Crippen molar-refractivity contribution in [2.75, 3.05) is 18.4 Å². The van der Waals surface area contributed by atoms with Crippen LogP contribution in [0.25, 0.3) is 0 Å². The molecular formula is C15H22BrClN2O. The third kappa shape index (κ3) is 5.08. The first-order chi connectivity index (χ1) is 9.16. The van der Waals surface area contributed by atoms with Gasteiger partial charge >= 0.3 is 0 Å². The highest BCUT2D eigenvalue weighted by Crippen LogP contribution is 2.24. The summed E-state index contributed by atoms with van der Waals surface area (Å²) in [4.78, 5) is 12.0. The average molecular weight is 362 g/mol. The number of anilines is 1. The van der Waals surface area contributed by atoms with Crippen molar-refractivity contribution in [2.45, 2.75) is 32.6 Å². The van der Waals surface area contributed by atoms with Crippen molar-refractivity contribution >= 4 is 39.9 Å². The molecule has 1 amide bonds. The maximum Gasteiger partial charge on any atom is 0.224 e. The Kier molecular flexibility index (Phi) is 7.56. The van der Waals surface area contributed by atoms with E-state index in [9.17, 15) is 4.79 Å². The lowest BCUT2D eigenvalue weighted by Crippen LogP contribution is -2.28. The van der Waals surface area contributed by atoms with Gasteiger partial charge in [-0.25, -0.2) is 0 Å². The molecule has 20 heavy (non-hydrogen) atoms. The van der Waals surface area contributed by atoms with Crippen LogP contribution in [-0.4, -0.2) is 19.0 Å². The molecule has 1 heterocycles. The number of amides is 1. The van der Waals surface area contributed by atoms with Crippen molar-refractivity contribution < 1.29 is 4.79 Å². The molecule has 1 saturated heterocycles. The average Bonchev–Trinajstić information content (AvgIpc) is 2.43. The van der Waals surface area contributed by atoms with Crippen LogP contribution in [0.5, 0.6) is 0 Å². The number of carbonyl (C=O) groups is 1. The molecule has 0 atom stereocenters. The standard InChI is InChI=1S/C15H21BrN2O.ClH/c1-11-13(16)3-2-4-14(11)18-15(19)6-5-12-7-9-17-10-8-12;/h2-4,12,17H,5-10H2,1H3,(H,18,19);1H. The molecule has 1 aromatic carbocycles. The first-order valence-corrected chi connectivity index (χ1v) is 7.72. The van der Waals surface area contributed by atoms with Gasteiger partial charge in [-0.15, -0.1) is 12.4 Å². The molecule has 0 unspecified atom stereocenters. The molecule has 1 aliphatic heterocycles. The molecule has 0 saturated carbocycles. The fourth-order valence-corrected chi connectivity index (χ4v) is 2.83. The minimum absolute atomic E-state index is 0. The third-order valence-electron chi connectivity index (χ3n) is 3.78. The van der Waals surface area contributed by atoms with Crippen LogP contribution >= 0.6 is 28.3 Å². The number of nitrogens with one attached hydrogen (secondary N) is 2. The monoisotopic (exact) mass is 360 g/mol. The summed E-state index contributed by atoms with van der Waals surface area (Å²) in [6, 6.07) is 5.88. The van der Waals surface area contributed by atoms with Gasteiger partial charge in [0, 0.05) is 16.6 Å². The van der Waals surface area contributed by atoms with Crippen molar-refractivity contribution in [3.63, 3.8) is 0 Å². The molecule has 0 bridgehead atoms. The van der Waals surface area contributed by atoms with Crippen molar-refractivity contribution in [1.82, 2.24) is 5.32 Å². The van der Waals surface area contributed by atoms with Gasteiger partial charge in [-0.1, -0.05) is 22.0 Å². The summed E-state index contributed by atoms with van der Waals surface area (Å²) in [6.07, 6.45) is 4.02. The van der Waals surface area contributed by atoms with Gasteiger partial charge in [0.15, 0.2) is 0 Å². The van der Waals surface area contributed by atoms with Crippen LogP contribution in [0.15, 0.2) is 22.7 Å². The number of hydrogen-bond donors (Lipinski definition) is 2. The summed E-state index contributed by atoms with van der Waals surface area (Å²) >= 11 is 3.48. The lowest BCUT2D eigenvalue weighted by molar-refractivity contribution is -0.116. The third-order valence-corrected chi connectivity index (χ3v) is 4.64. The van der Waals surface area contributed by atoms with E-state index in [1.54, 1.807) is 0 Å². The van der Waals surface area contributed by atoms with Gasteiger partial charge in [0.25, 0.3) is 0 Å². The first kappa shape index (κ1) is 17.5. The molecule has 2 rings (SSSR count). The zero-order chi connectivity index (χ0) is 13.7. The van der Waals surface area contributed by atoms with Crippen molar-refractivity contribution in [3.05, 3.63) is 28.2 Å². The Labute approximate surface area is 135 Å². The number of hydrogen-bond acceptors (Lipinski definition) is 2. The van der Waals surface area contributed by atoms with Crippen LogP contribution in [0.4, 0.5) is 5.69 Å². The largest absolute Gasteiger partial charge is 0.326 e. The van der Waals surface area contributed by atoms with Gasteiger partial charge in [0.1, 0.15) is 0 Å². The van der Waals surface area contributed by atoms with Crippen LogP contribution in [0, 0.1) is 12.8 Å². The van der Waals surface area contributed by atoms with E-state index < -0.39 is 0 Å². The Morgan fingerprint density at radius 1 is 1.40 bits per heavy atom. The molecule has 1 fully saturated rings. The van der Waals surface area contributed by atoms with Crippen molar-refractivity contribution in [3.8, 4) is 0 Å². The van der Waals surface area contributed by atoms with Crippen LogP contribution < -0.4 is 10.6 Å². The molecule has 0 spiro atoms. The van der Waals surface area contributed by atoms with E-state index in [1.165, 1.54) is 12.8 Å². The van der Waals surface area contributed by atoms with E-state index in [-0.39, 0.29) is 18.3 Å². The summed E-state index contributed by atoms with van der Waals surface area (Å²) < 4.78 is 1.03. The van der Waals surface area contributed by atoms with E-state index in [0.717, 1.165) is 35.2 Å². The van der Waals surface area contributed by atoms with Crippen LogP contribution in [-0.2, 0) is 4.79 Å². The number of halogens is 2. The number of rotatable bonds is 4. The van der Waals surface area contributed by atoms with Gasteiger partial charge in [-0.2, -0.15) is 0 Å². The molecule has 1 aliphatic rings. The SMILES string of the molecule is Cc1c(Br)cccc1NC(=O)CCC1CCNCC1.Cl. The van der Waals surface area contributed by atoms with Crippen LogP contribution in [0.3, 0.4) is 0 Å². The molecule has 2 N–H and O–H groups in total. The molecule has 3 nitrogen and oxygen atoms in total. The molecular weight excluding hydrogens is 340 g/mol. The zero-order valence-electron chi connectivity index (χ0n) is 11.7. The predicted octanol–water partition coefficient (Wildman–Crippen LogP) is 3.90. The van der Waals surface area contributed by atoms with Gasteiger partial charge in [0.05, 0.1) is 0 Å². The fourth-order valence-electron chi connectivity index (χ4n) is 2.46. The molecule has 5 heteroatoms. The second-order valence-corrected chi connectivity index (χ2v) is 6.05. The highest BCUT2D eigenvalue weighted by Gasteiger charge is 2.14. The first-order valence-electron chi connectivity index (χ1n) is 6.92. The number of carbonyl (C=O) groups excluding carboxylic acids is 1. The van der Waals surface area contributed by atoms with Gasteiger partial charge < -0.3 is 10.6 Å². The van der Waals surface area contributed by atoms with E-state index in [4.69, 9.17) is 0 Å². The van der Waals surface area contributed by atoms with E-state index in [1.807, 2.05) is 25.1 Å². The lowest BCUT2D eigenvalue weighted by atomic mass is 9.93. The van der Waals surface area contributed by atoms with Crippen molar-refractivity contribution in [2.24, 2.45) is 5.92 Å². The fraction of sp³-hybridized carbons (Fsp3) is 0.533.